The van der Waals surface area contributed by atoms with E-state index in [1.54, 1.807) is 25.3 Å². The fraction of sp³-hybridized carbons (Fsp3) is 0.188. The first-order chi connectivity index (χ1) is 10.6. The van der Waals surface area contributed by atoms with Gasteiger partial charge in [0.25, 0.3) is 5.91 Å². The summed E-state index contributed by atoms with van der Waals surface area (Å²) in [4.78, 5) is 11.8. The summed E-state index contributed by atoms with van der Waals surface area (Å²) in [5.74, 6) is 1.01. The first kappa shape index (κ1) is 16.6. The van der Waals surface area contributed by atoms with Crippen molar-refractivity contribution in [3.63, 3.8) is 0 Å². The molecule has 22 heavy (non-hydrogen) atoms. The molecule has 0 saturated carbocycles. The molecule has 1 N–H and O–H groups in total. The van der Waals surface area contributed by atoms with Crippen LogP contribution < -0.4 is 14.8 Å². The Hall–Kier alpha value is -1.72. The van der Waals surface area contributed by atoms with Crippen molar-refractivity contribution in [2.24, 2.45) is 0 Å². The lowest BCUT2D eigenvalue weighted by Crippen LogP contribution is -2.28. The predicted octanol–water partition coefficient (Wildman–Crippen LogP) is 3.81. The lowest BCUT2D eigenvalue weighted by atomic mass is 10.2. The van der Waals surface area contributed by atoms with Gasteiger partial charge in [0, 0.05) is 11.0 Å². The van der Waals surface area contributed by atoms with Crippen molar-refractivity contribution in [1.29, 1.82) is 0 Å². The Bertz CT molecular complexity index is 664. The average molecular weight is 385 g/mol. The van der Waals surface area contributed by atoms with Crippen molar-refractivity contribution < 1.29 is 14.3 Å². The molecule has 2 aromatic rings. The zero-order chi connectivity index (χ0) is 15.9. The van der Waals surface area contributed by atoms with Crippen molar-refractivity contribution in [3.8, 4) is 11.5 Å². The zero-order valence-corrected chi connectivity index (χ0v) is 14.3. The van der Waals surface area contributed by atoms with Crippen LogP contribution in [-0.2, 0) is 11.3 Å². The van der Waals surface area contributed by atoms with E-state index in [9.17, 15) is 4.79 Å². The molecule has 2 rings (SSSR count). The summed E-state index contributed by atoms with van der Waals surface area (Å²) in [5, 5.41) is 3.23. The second-order valence-electron chi connectivity index (χ2n) is 4.49. The van der Waals surface area contributed by atoms with E-state index in [0.29, 0.717) is 17.3 Å². The number of rotatable bonds is 6. The Morgan fingerprint density at radius 1 is 1.27 bits per heavy atom. The monoisotopic (exact) mass is 383 g/mol. The highest BCUT2D eigenvalue weighted by atomic mass is 79.9. The molecule has 0 atom stereocenters. The number of benzene rings is 2. The van der Waals surface area contributed by atoms with Crippen LogP contribution in [0.4, 0.5) is 0 Å². The smallest absolute Gasteiger partial charge is 0.258 e. The predicted molar refractivity (Wildman–Crippen MR) is 89.5 cm³/mol. The molecule has 0 bridgehead atoms. The molecular formula is C16H15BrClNO3. The van der Waals surface area contributed by atoms with E-state index >= 15 is 0 Å². The SMILES string of the molecule is COc1cccc(CNC(=O)COc2ccc(Br)cc2Cl)c1. The van der Waals surface area contributed by atoms with Gasteiger partial charge in [0.2, 0.25) is 0 Å². The summed E-state index contributed by atoms with van der Waals surface area (Å²) in [7, 11) is 1.60. The number of hydrogen-bond donors (Lipinski definition) is 1. The largest absolute Gasteiger partial charge is 0.497 e. The van der Waals surface area contributed by atoms with Gasteiger partial charge >= 0.3 is 0 Å². The minimum absolute atomic E-state index is 0.0919. The number of methoxy groups -OCH3 is 1. The topological polar surface area (TPSA) is 47.6 Å². The summed E-state index contributed by atoms with van der Waals surface area (Å²) in [5.41, 5.74) is 0.953. The maximum absolute atomic E-state index is 11.8. The molecule has 0 aliphatic rings. The fourth-order valence-electron chi connectivity index (χ4n) is 1.77. The van der Waals surface area contributed by atoms with Gasteiger partial charge in [0.15, 0.2) is 6.61 Å². The third-order valence-corrected chi connectivity index (χ3v) is 3.67. The van der Waals surface area contributed by atoms with Crippen molar-refractivity contribution in [2.45, 2.75) is 6.54 Å². The highest BCUT2D eigenvalue weighted by Gasteiger charge is 2.06. The lowest BCUT2D eigenvalue weighted by molar-refractivity contribution is -0.123. The van der Waals surface area contributed by atoms with Crippen molar-refractivity contribution in [3.05, 3.63) is 57.5 Å². The van der Waals surface area contributed by atoms with Crippen molar-refractivity contribution >= 4 is 33.4 Å². The molecule has 0 radical (unpaired) electrons. The number of carbonyl (C=O) groups excluding carboxylic acids is 1. The quantitative estimate of drug-likeness (QED) is 0.824. The second-order valence-corrected chi connectivity index (χ2v) is 5.81. The second kappa shape index (κ2) is 8.06. The molecule has 0 unspecified atom stereocenters. The van der Waals surface area contributed by atoms with Crippen LogP contribution in [0, 0.1) is 0 Å². The molecule has 0 saturated heterocycles. The third kappa shape index (κ3) is 4.93. The molecule has 2 aromatic carbocycles. The highest BCUT2D eigenvalue weighted by Crippen LogP contribution is 2.27. The summed E-state index contributed by atoms with van der Waals surface area (Å²) < 4.78 is 11.4. The first-order valence-electron chi connectivity index (χ1n) is 6.56. The molecule has 1 amide bonds. The van der Waals surface area contributed by atoms with Crippen LogP contribution in [0.25, 0.3) is 0 Å². The van der Waals surface area contributed by atoms with E-state index in [-0.39, 0.29) is 12.5 Å². The minimum atomic E-state index is -0.221. The van der Waals surface area contributed by atoms with E-state index in [1.165, 1.54) is 0 Å². The van der Waals surface area contributed by atoms with Crippen molar-refractivity contribution in [2.75, 3.05) is 13.7 Å². The summed E-state index contributed by atoms with van der Waals surface area (Å²) in [6, 6.07) is 12.7. The van der Waals surface area contributed by atoms with Gasteiger partial charge in [0.1, 0.15) is 11.5 Å². The molecule has 116 valence electrons. The van der Waals surface area contributed by atoms with E-state index in [1.807, 2.05) is 24.3 Å². The third-order valence-electron chi connectivity index (χ3n) is 2.88. The van der Waals surface area contributed by atoms with Crippen LogP contribution in [-0.4, -0.2) is 19.6 Å². The van der Waals surface area contributed by atoms with Gasteiger partial charge in [-0.15, -0.1) is 0 Å². The Morgan fingerprint density at radius 3 is 2.82 bits per heavy atom. The normalized spacial score (nSPS) is 10.1. The van der Waals surface area contributed by atoms with Crippen LogP contribution in [0.5, 0.6) is 11.5 Å². The summed E-state index contributed by atoms with van der Waals surface area (Å²) in [6.07, 6.45) is 0. The molecule has 4 nitrogen and oxygen atoms in total. The lowest BCUT2D eigenvalue weighted by Gasteiger charge is -2.09. The van der Waals surface area contributed by atoms with Gasteiger partial charge in [-0.05, 0) is 35.9 Å². The molecule has 0 heterocycles. The molecule has 0 aliphatic carbocycles. The Balaban J connectivity index is 1.82. The summed E-state index contributed by atoms with van der Waals surface area (Å²) in [6.45, 7) is 0.318. The van der Waals surface area contributed by atoms with Crippen LogP contribution in [0.1, 0.15) is 5.56 Å². The number of carbonyl (C=O) groups is 1. The number of nitrogens with one attached hydrogen (secondary N) is 1. The van der Waals surface area contributed by atoms with E-state index in [2.05, 4.69) is 21.2 Å². The van der Waals surface area contributed by atoms with Gasteiger partial charge in [-0.25, -0.2) is 0 Å². The van der Waals surface area contributed by atoms with Crippen LogP contribution in [0.15, 0.2) is 46.9 Å². The van der Waals surface area contributed by atoms with Crippen LogP contribution >= 0.6 is 27.5 Å². The highest BCUT2D eigenvalue weighted by molar-refractivity contribution is 9.10. The number of ether oxygens (including phenoxy) is 2. The molecule has 6 heteroatoms. The Labute approximate surface area is 142 Å². The van der Waals surface area contributed by atoms with E-state index in [4.69, 9.17) is 21.1 Å². The first-order valence-corrected chi connectivity index (χ1v) is 7.73. The maximum atomic E-state index is 11.8. The van der Waals surface area contributed by atoms with Gasteiger partial charge in [-0.3, -0.25) is 4.79 Å². The molecular weight excluding hydrogens is 370 g/mol. The van der Waals surface area contributed by atoms with Gasteiger partial charge < -0.3 is 14.8 Å². The van der Waals surface area contributed by atoms with Gasteiger partial charge in [0.05, 0.1) is 12.1 Å². The van der Waals surface area contributed by atoms with E-state index < -0.39 is 0 Å². The van der Waals surface area contributed by atoms with Crippen LogP contribution in [0.2, 0.25) is 5.02 Å². The Morgan fingerprint density at radius 2 is 2.09 bits per heavy atom. The summed E-state index contributed by atoms with van der Waals surface area (Å²) >= 11 is 9.33. The minimum Gasteiger partial charge on any atom is -0.497 e. The maximum Gasteiger partial charge on any atom is 0.258 e. The van der Waals surface area contributed by atoms with Crippen LogP contribution in [0.3, 0.4) is 0 Å². The number of amides is 1. The molecule has 0 spiro atoms. The number of hydrogen-bond acceptors (Lipinski definition) is 3. The molecule has 0 fully saturated rings. The van der Waals surface area contributed by atoms with E-state index in [0.717, 1.165) is 15.8 Å². The van der Waals surface area contributed by atoms with Gasteiger partial charge in [-0.1, -0.05) is 39.7 Å². The zero-order valence-electron chi connectivity index (χ0n) is 11.9. The molecule has 0 aromatic heterocycles. The fourth-order valence-corrected chi connectivity index (χ4v) is 2.50. The van der Waals surface area contributed by atoms with Gasteiger partial charge in [-0.2, -0.15) is 0 Å². The molecule has 0 aliphatic heterocycles. The average Bonchev–Trinajstić information content (AvgIpc) is 2.52. The standard InChI is InChI=1S/C16H15BrClNO3/c1-21-13-4-2-3-11(7-13)9-19-16(20)10-22-15-6-5-12(17)8-14(15)18/h2-8H,9-10H2,1H3,(H,19,20). The Kier molecular flexibility index (Phi) is 6.10. The van der Waals surface area contributed by atoms with Crippen molar-refractivity contribution in [1.82, 2.24) is 5.32 Å². The number of halogens is 2.